The van der Waals surface area contributed by atoms with Crippen molar-refractivity contribution in [1.82, 2.24) is 4.90 Å². The van der Waals surface area contributed by atoms with Crippen LogP contribution in [-0.4, -0.2) is 89.3 Å². The van der Waals surface area contributed by atoms with Gasteiger partial charge in [0.2, 0.25) is 11.7 Å². The molecule has 3 aliphatic rings. The van der Waals surface area contributed by atoms with Crippen molar-refractivity contribution in [2.24, 2.45) is 22.9 Å². The zero-order chi connectivity index (χ0) is 43.2. The van der Waals surface area contributed by atoms with Crippen LogP contribution in [-0.2, 0) is 14.4 Å². The number of hydrogen-bond donors (Lipinski definition) is 2. The lowest BCUT2D eigenvalue weighted by atomic mass is 9.55. The zero-order valence-electron chi connectivity index (χ0n) is 35.2. The Kier molecular flexibility index (Phi) is 16.6. The number of non-ortho nitro benzene ring substituents is 1. The Labute approximate surface area is 363 Å². The topological polar surface area (TPSA) is 153 Å². The van der Waals surface area contributed by atoms with E-state index >= 15 is 0 Å². The number of amides is 1. The third-order valence-electron chi connectivity index (χ3n) is 11.9. The highest BCUT2D eigenvalue weighted by Gasteiger charge is 2.65. The molecule has 2 N–H and O–H groups in total. The van der Waals surface area contributed by atoms with Gasteiger partial charge in [-0.3, -0.25) is 14.9 Å². The number of carbonyl (C=O) groups is 1. The van der Waals surface area contributed by atoms with Gasteiger partial charge in [0.25, 0.3) is 5.69 Å². The summed E-state index contributed by atoms with van der Waals surface area (Å²) in [6.45, 7) is 7.28. The molecule has 1 fully saturated rings. The predicted molar refractivity (Wildman–Crippen MR) is 239 cm³/mol. The Hall–Kier alpha value is -4.95. The lowest BCUT2D eigenvalue weighted by Gasteiger charge is -2.60. The summed E-state index contributed by atoms with van der Waals surface area (Å²) in [5.74, 6) is 0.0847. The van der Waals surface area contributed by atoms with E-state index in [4.69, 9.17) is 19.0 Å². The number of benzene rings is 3. The first-order chi connectivity index (χ1) is 29.8. The molecule has 1 heterocycles. The lowest BCUT2D eigenvalue weighted by molar-refractivity contribution is -0.384. The van der Waals surface area contributed by atoms with Crippen molar-refractivity contribution in [2.45, 2.75) is 80.9 Å². The predicted octanol–water partition coefficient (Wildman–Crippen LogP) is 8.98. The van der Waals surface area contributed by atoms with Crippen LogP contribution in [0.3, 0.4) is 0 Å². The Balaban J connectivity index is 1.47. The van der Waals surface area contributed by atoms with Gasteiger partial charge in [-0.15, -0.1) is 18.3 Å². The van der Waals surface area contributed by atoms with Gasteiger partial charge in [-0.25, -0.2) is 0 Å². The number of oxime groups is 1. The first-order valence-electron chi connectivity index (χ1n) is 21.4. The second-order valence-electron chi connectivity index (χ2n) is 15.7. The third kappa shape index (κ3) is 10.7. The number of aliphatic hydroxyl groups excluding tert-OH is 2. The van der Waals surface area contributed by atoms with Crippen LogP contribution in [0.25, 0.3) is 6.08 Å². The quantitative estimate of drug-likeness (QED) is 0.0236. The van der Waals surface area contributed by atoms with E-state index in [2.05, 4.69) is 36.0 Å². The van der Waals surface area contributed by atoms with Crippen LogP contribution in [0.5, 0.6) is 11.5 Å². The molecule has 6 rings (SSSR count). The molecule has 1 aliphatic heterocycles. The number of unbranched alkanes of at least 4 members (excludes halogenated alkanes) is 2. The summed E-state index contributed by atoms with van der Waals surface area (Å²) in [5.41, 5.74) is 3.28. The van der Waals surface area contributed by atoms with Crippen molar-refractivity contribution in [2.75, 3.05) is 45.8 Å². The van der Waals surface area contributed by atoms with Gasteiger partial charge >= 0.3 is 0 Å². The second-order valence-corrected chi connectivity index (χ2v) is 16.8. The van der Waals surface area contributed by atoms with Crippen molar-refractivity contribution in [3.05, 3.63) is 124 Å². The number of carbonyl (C=O) groups excluding carboxylic acids is 1. The Morgan fingerprint density at radius 2 is 1.82 bits per heavy atom. The zero-order valence-corrected chi connectivity index (χ0v) is 36.0. The van der Waals surface area contributed by atoms with Crippen LogP contribution in [0, 0.1) is 27.9 Å². The molecule has 3 aromatic rings. The average molecular weight is 854 g/mol. The fourth-order valence-corrected chi connectivity index (χ4v) is 10.1. The number of ether oxygens (including phenoxy) is 3. The van der Waals surface area contributed by atoms with E-state index in [1.165, 1.54) is 30.2 Å². The van der Waals surface area contributed by atoms with Crippen molar-refractivity contribution in [1.29, 1.82) is 0 Å². The molecule has 12 nitrogen and oxygen atoms in total. The van der Waals surface area contributed by atoms with Gasteiger partial charge < -0.3 is 34.2 Å². The summed E-state index contributed by atoms with van der Waals surface area (Å²) < 4.78 is 20.8. The molecular formula is C48H59N3O9S. The normalized spacial score (nSPS) is 23.4. The minimum Gasteiger partial charge on any atom is -0.493 e. The van der Waals surface area contributed by atoms with Crippen molar-refractivity contribution >= 4 is 35.1 Å². The van der Waals surface area contributed by atoms with Crippen LogP contribution in [0.1, 0.15) is 75.3 Å². The van der Waals surface area contributed by atoms with Gasteiger partial charge in [-0.05, 0) is 104 Å². The fraction of sp³-hybridized carbons (Fsp3) is 0.458. The first kappa shape index (κ1) is 45.6. The Morgan fingerprint density at radius 1 is 1.07 bits per heavy atom. The molecule has 61 heavy (non-hydrogen) atoms. The largest absolute Gasteiger partial charge is 0.493 e. The maximum absolute atomic E-state index is 14.6. The Bertz CT molecular complexity index is 2020. The molecule has 1 saturated carbocycles. The van der Waals surface area contributed by atoms with E-state index in [0.29, 0.717) is 49.4 Å². The van der Waals surface area contributed by atoms with Gasteiger partial charge in [0.05, 0.1) is 29.8 Å². The Morgan fingerprint density at radius 3 is 2.51 bits per heavy atom. The molecule has 6 atom stereocenters. The van der Waals surface area contributed by atoms with Gasteiger partial charge in [-0.2, -0.15) is 0 Å². The van der Waals surface area contributed by atoms with Crippen LogP contribution in [0.2, 0.25) is 0 Å². The molecule has 0 radical (unpaired) electrons. The van der Waals surface area contributed by atoms with Gasteiger partial charge in [-0.1, -0.05) is 55.3 Å². The number of allylic oxidation sites excluding steroid dienone is 1. The first-order valence-corrected chi connectivity index (χ1v) is 22.4. The molecule has 13 heteroatoms. The third-order valence-corrected chi connectivity index (χ3v) is 12.8. The SMILES string of the molecule is C=CCO[C@@]12Oc3ccc(OCCSc4ccccc4)cc3[C@H]3[C@H](CCCCO)[C@@H](CCCCO)C=C(C(=NOC)C[C@@H]1N(CCC)C(=O)C=Cc1ccc([N+](=O)[O-])cc1)[C@H]32. The smallest absolute Gasteiger partial charge is 0.269 e. The molecule has 326 valence electrons. The summed E-state index contributed by atoms with van der Waals surface area (Å²) in [4.78, 5) is 34.0. The highest BCUT2D eigenvalue weighted by Crippen LogP contribution is 2.62. The molecule has 0 aromatic heterocycles. The molecule has 1 amide bonds. The van der Waals surface area contributed by atoms with Crippen molar-refractivity contribution in [3.63, 3.8) is 0 Å². The second kappa shape index (κ2) is 22.2. The number of nitrogens with zero attached hydrogens (tertiary/aromatic N) is 3. The molecule has 0 saturated heterocycles. The molecule has 0 unspecified atom stereocenters. The fourth-order valence-electron chi connectivity index (χ4n) is 9.32. The van der Waals surface area contributed by atoms with E-state index in [1.807, 2.05) is 42.2 Å². The van der Waals surface area contributed by atoms with Crippen molar-refractivity contribution < 1.29 is 39.0 Å². The van der Waals surface area contributed by atoms with E-state index < -0.39 is 22.7 Å². The number of nitro benzene ring substituents is 1. The summed E-state index contributed by atoms with van der Waals surface area (Å²) in [6, 6.07) is 21.6. The summed E-state index contributed by atoms with van der Waals surface area (Å²) >= 11 is 1.74. The minimum absolute atomic E-state index is 0.0313. The summed E-state index contributed by atoms with van der Waals surface area (Å²) in [5, 5.41) is 35.7. The van der Waals surface area contributed by atoms with E-state index in [0.717, 1.165) is 48.3 Å². The van der Waals surface area contributed by atoms with E-state index in [-0.39, 0.29) is 55.6 Å². The molecule has 0 bridgehead atoms. The molecule has 0 spiro atoms. The number of thioether (sulfide) groups is 1. The minimum atomic E-state index is -1.38. The maximum atomic E-state index is 14.6. The van der Waals surface area contributed by atoms with Gasteiger partial charge in [0.1, 0.15) is 24.7 Å². The lowest BCUT2D eigenvalue weighted by Crippen LogP contribution is -2.70. The number of fused-ring (bicyclic) bond motifs is 2. The van der Waals surface area contributed by atoms with Crippen LogP contribution in [0.4, 0.5) is 5.69 Å². The average Bonchev–Trinajstić information content (AvgIpc) is 3.27. The van der Waals surface area contributed by atoms with Gasteiger partial charge in [0.15, 0.2) is 0 Å². The highest BCUT2D eigenvalue weighted by atomic mass is 32.2. The highest BCUT2D eigenvalue weighted by molar-refractivity contribution is 7.99. The number of hydrogen-bond acceptors (Lipinski definition) is 11. The maximum Gasteiger partial charge on any atom is 0.269 e. The van der Waals surface area contributed by atoms with Gasteiger partial charge in [0, 0.05) is 66.5 Å². The van der Waals surface area contributed by atoms with Crippen molar-refractivity contribution in [3.8, 4) is 11.5 Å². The van der Waals surface area contributed by atoms with Crippen LogP contribution in [0.15, 0.2) is 113 Å². The monoisotopic (exact) mass is 853 g/mol. The number of aliphatic hydroxyl groups is 2. The summed E-state index contributed by atoms with van der Waals surface area (Å²) in [6.07, 6.45) is 12.8. The number of nitro groups is 1. The standard InChI is InChI=1S/C48H59N3O9S/c1-4-25-50(45(54)24-19-34-17-20-36(21-18-34)51(55)56)44-33-42(49-57-3)40-31-35(13-9-11-26-52)39(16-10-12-27-53)46-41-32-37(58-29-30-61-38-14-7-6-8-15-38)22-23-43(41)60-48(44,47(40)46)59-28-5-2/h5-8,14-15,17-24,31-32,35,39,44,46-47,52-53H,2,4,9-13,16,25-30,33H2,1,3H3/t35-,39+,44-,46+,47+,48+/m0/s1. The molecule has 2 aliphatic carbocycles. The van der Waals surface area contributed by atoms with Crippen LogP contribution >= 0.6 is 11.8 Å². The molecular weight excluding hydrogens is 795 g/mol. The summed E-state index contributed by atoms with van der Waals surface area (Å²) in [7, 11) is 1.53. The van der Waals surface area contributed by atoms with E-state index in [1.54, 1.807) is 36.0 Å². The van der Waals surface area contributed by atoms with E-state index in [9.17, 15) is 25.1 Å². The van der Waals surface area contributed by atoms with Crippen LogP contribution < -0.4 is 9.47 Å². The molecule has 3 aromatic carbocycles. The number of rotatable bonds is 23.